The highest BCUT2D eigenvalue weighted by Crippen LogP contribution is 2.34. The summed E-state index contributed by atoms with van der Waals surface area (Å²) in [4.78, 5) is 64.3. The van der Waals surface area contributed by atoms with Crippen molar-refractivity contribution in [3.05, 3.63) is 35.9 Å². The molecule has 2 fully saturated rings. The number of likely N-dealkylation sites (tertiary alicyclic amines) is 1. The van der Waals surface area contributed by atoms with Crippen molar-refractivity contribution in [1.29, 1.82) is 0 Å². The fourth-order valence-electron chi connectivity index (χ4n) is 4.20. The summed E-state index contributed by atoms with van der Waals surface area (Å²) in [6.45, 7) is 5.29. The molecule has 0 radical (unpaired) electrons. The van der Waals surface area contributed by atoms with Crippen LogP contribution in [0.25, 0.3) is 0 Å². The molecule has 1 saturated carbocycles. The molecule has 1 saturated heterocycles. The largest absolute Gasteiger partial charge is 0.480 e. The van der Waals surface area contributed by atoms with Gasteiger partial charge in [0.05, 0.1) is 6.42 Å². The molecule has 11 heteroatoms. The highest BCUT2D eigenvalue weighted by Gasteiger charge is 2.44. The first-order valence-electron chi connectivity index (χ1n) is 12.5. The number of aliphatic carboxylic acids is 1. The van der Waals surface area contributed by atoms with Crippen molar-refractivity contribution >= 4 is 29.8 Å². The van der Waals surface area contributed by atoms with Gasteiger partial charge in [0.25, 0.3) is 0 Å². The summed E-state index contributed by atoms with van der Waals surface area (Å²) >= 11 is 0. The predicted octanol–water partition coefficient (Wildman–Crippen LogP) is 1.98. The van der Waals surface area contributed by atoms with E-state index >= 15 is 0 Å². The zero-order chi connectivity index (χ0) is 27.2. The van der Waals surface area contributed by atoms with Crippen molar-refractivity contribution in [2.24, 2.45) is 5.92 Å². The Kier molecular flexibility index (Phi) is 9.12. The highest BCUT2D eigenvalue weighted by molar-refractivity contribution is 5.95. The van der Waals surface area contributed by atoms with E-state index in [1.165, 1.54) is 4.90 Å². The van der Waals surface area contributed by atoms with Gasteiger partial charge in [0.2, 0.25) is 11.8 Å². The van der Waals surface area contributed by atoms with E-state index < -0.39 is 60.0 Å². The Hall–Kier alpha value is -3.63. The molecule has 37 heavy (non-hydrogen) atoms. The fraction of sp³-hybridized carbons (Fsp3) is 0.577. The van der Waals surface area contributed by atoms with Gasteiger partial charge >= 0.3 is 18.0 Å². The normalized spacial score (nSPS) is 18.9. The van der Waals surface area contributed by atoms with Gasteiger partial charge in [-0.25, -0.2) is 9.59 Å². The minimum Gasteiger partial charge on any atom is -0.480 e. The van der Waals surface area contributed by atoms with Crippen LogP contribution < -0.4 is 10.6 Å². The van der Waals surface area contributed by atoms with Gasteiger partial charge in [-0.2, -0.15) is 0 Å². The van der Waals surface area contributed by atoms with Gasteiger partial charge in [-0.05, 0) is 57.9 Å². The van der Waals surface area contributed by atoms with Gasteiger partial charge in [0.1, 0.15) is 30.3 Å². The monoisotopic (exact) mass is 517 g/mol. The number of amides is 3. The third kappa shape index (κ3) is 8.47. The van der Waals surface area contributed by atoms with Gasteiger partial charge in [-0.1, -0.05) is 30.3 Å². The Morgan fingerprint density at radius 2 is 1.73 bits per heavy atom. The number of benzene rings is 1. The summed E-state index contributed by atoms with van der Waals surface area (Å²) in [5.41, 5.74) is -0.0659. The van der Waals surface area contributed by atoms with Gasteiger partial charge < -0.3 is 30.1 Å². The lowest BCUT2D eigenvalue weighted by molar-refractivity contribution is -0.156. The summed E-state index contributed by atoms with van der Waals surface area (Å²) in [5.74, 6) is -3.16. The topological polar surface area (TPSA) is 151 Å². The minimum atomic E-state index is -1.36. The van der Waals surface area contributed by atoms with Crippen molar-refractivity contribution in [3.8, 4) is 0 Å². The number of carboxylic acids is 1. The van der Waals surface area contributed by atoms with E-state index in [9.17, 15) is 29.1 Å². The van der Waals surface area contributed by atoms with E-state index in [0.29, 0.717) is 32.2 Å². The van der Waals surface area contributed by atoms with Crippen LogP contribution in [0.3, 0.4) is 0 Å². The Labute approximate surface area is 215 Å². The lowest BCUT2D eigenvalue weighted by Crippen LogP contribution is -2.57. The first kappa shape index (κ1) is 27.9. The highest BCUT2D eigenvalue weighted by atomic mass is 16.6. The number of alkyl carbamates (subject to hydrolysis) is 1. The number of rotatable bonds is 10. The number of carbonyl (C=O) groups excluding carboxylic acids is 4. The van der Waals surface area contributed by atoms with Crippen molar-refractivity contribution in [2.45, 2.75) is 83.2 Å². The number of esters is 1. The summed E-state index contributed by atoms with van der Waals surface area (Å²) in [5, 5.41) is 14.5. The minimum absolute atomic E-state index is 0.0395. The molecule has 1 aromatic carbocycles. The molecule has 2 aliphatic rings. The zero-order valence-electron chi connectivity index (χ0n) is 21.4. The Bertz CT molecular complexity index is 1000. The standard InChI is InChI=1S/C26H35N3O8/c1-26(2,3)37-20(30)14-18(27-25(35)36-15-16-8-5-4-6-9-16)22(31)28-21(17-11-12-17)23(32)29-13-7-10-19(29)24(33)34/h4-6,8-9,17-19,21H,7,10-15H2,1-3H3,(H,27,35)(H,28,31)(H,33,34)/t18-,19+,21-/m0/s1. The number of nitrogens with one attached hydrogen (secondary N) is 2. The molecule has 202 valence electrons. The van der Waals surface area contributed by atoms with E-state index in [1.54, 1.807) is 45.0 Å². The van der Waals surface area contributed by atoms with Crippen LogP contribution in [-0.2, 0) is 35.3 Å². The molecule has 3 rings (SSSR count). The number of nitrogens with zero attached hydrogens (tertiary/aromatic N) is 1. The number of ether oxygens (including phenoxy) is 2. The van der Waals surface area contributed by atoms with Gasteiger partial charge in [0, 0.05) is 6.54 Å². The van der Waals surface area contributed by atoms with Crippen LogP contribution in [0.5, 0.6) is 0 Å². The zero-order valence-corrected chi connectivity index (χ0v) is 21.4. The van der Waals surface area contributed by atoms with Crippen molar-refractivity contribution in [2.75, 3.05) is 6.54 Å². The van der Waals surface area contributed by atoms with Gasteiger partial charge in [-0.15, -0.1) is 0 Å². The predicted molar refractivity (Wildman–Crippen MR) is 131 cm³/mol. The molecule has 1 heterocycles. The van der Waals surface area contributed by atoms with Crippen LogP contribution in [-0.4, -0.2) is 70.1 Å². The second kappa shape index (κ2) is 12.1. The number of hydrogen-bond acceptors (Lipinski definition) is 7. The average molecular weight is 518 g/mol. The van der Waals surface area contributed by atoms with E-state index in [-0.39, 0.29) is 12.5 Å². The summed E-state index contributed by atoms with van der Waals surface area (Å²) in [6.07, 6.45) is 0.924. The smallest absolute Gasteiger partial charge is 0.408 e. The van der Waals surface area contributed by atoms with Crippen LogP contribution in [0.15, 0.2) is 30.3 Å². The third-order valence-corrected chi connectivity index (χ3v) is 6.09. The van der Waals surface area contributed by atoms with Crippen LogP contribution in [0.1, 0.15) is 58.4 Å². The second-order valence-electron chi connectivity index (χ2n) is 10.4. The molecule has 3 N–H and O–H groups in total. The first-order chi connectivity index (χ1) is 17.4. The van der Waals surface area contributed by atoms with Crippen LogP contribution in [0.2, 0.25) is 0 Å². The second-order valence-corrected chi connectivity index (χ2v) is 10.4. The number of carboxylic acid groups (broad SMARTS) is 1. The molecule has 0 bridgehead atoms. The molecule has 0 aromatic heterocycles. The SMILES string of the molecule is CC(C)(C)OC(=O)C[C@H](NC(=O)OCc1ccccc1)C(=O)N[C@H](C(=O)N1CCC[C@@H]1C(=O)O)C1CC1. The number of hydrogen-bond donors (Lipinski definition) is 3. The maximum Gasteiger partial charge on any atom is 0.408 e. The summed E-state index contributed by atoms with van der Waals surface area (Å²) < 4.78 is 10.5. The van der Waals surface area contributed by atoms with Gasteiger partial charge in [0.15, 0.2) is 0 Å². The molecule has 1 aromatic rings. The third-order valence-electron chi connectivity index (χ3n) is 6.09. The van der Waals surface area contributed by atoms with E-state index in [2.05, 4.69) is 10.6 Å². The van der Waals surface area contributed by atoms with Crippen molar-refractivity contribution in [3.63, 3.8) is 0 Å². The molecule has 1 aliphatic heterocycles. The average Bonchev–Trinajstić information content (AvgIpc) is 3.54. The van der Waals surface area contributed by atoms with Crippen molar-refractivity contribution in [1.82, 2.24) is 15.5 Å². The van der Waals surface area contributed by atoms with Gasteiger partial charge in [-0.3, -0.25) is 14.4 Å². The molecule has 3 atom stereocenters. The van der Waals surface area contributed by atoms with E-state index in [0.717, 1.165) is 5.56 Å². The Balaban J connectivity index is 1.70. The van der Waals surface area contributed by atoms with E-state index in [4.69, 9.17) is 9.47 Å². The first-order valence-corrected chi connectivity index (χ1v) is 12.5. The van der Waals surface area contributed by atoms with Crippen molar-refractivity contribution < 1.29 is 38.6 Å². The maximum atomic E-state index is 13.3. The molecule has 11 nitrogen and oxygen atoms in total. The Morgan fingerprint density at radius 1 is 1.05 bits per heavy atom. The summed E-state index contributed by atoms with van der Waals surface area (Å²) in [6, 6.07) is 5.70. The quantitative estimate of drug-likeness (QED) is 0.399. The lowest BCUT2D eigenvalue weighted by Gasteiger charge is -2.29. The lowest BCUT2D eigenvalue weighted by atomic mass is 10.1. The molecule has 3 amide bonds. The maximum absolute atomic E-state index is 13.3. The molecule has 0 spiro atoms. The molecular weight excluding hydrogens is 482 g/mol. The number of carbonyl (C=O) groups is 5. The van der Waals surface area contributed by atoms with Crippen LogP contribution in [0.4, 0.5) is 4.79 Å². The van der Waals surface area contributed by atoms with Crippen LogP contribution >= 0.6 is 0 Å². The van der Waals surface area contributed by atoms with E-state index in [1.807, 2.05) is 6.07 Å². The molecule has 1 aliphatic carbocycles. The van der Waals surface area contributed by atoms with Crippen LogP contribution in [0, 0.1) is 5.92 Å². The summed E-state index contributed by atoms with van der Waals surface area (Å²) in [7, 11) is 0. The molecule has 0 unspecified atom stereocenters. The Morgan fingerprint density at radius 3 is 2.32 bits per heavy atom. The molecular formula is C26H35N3O8. The fourth-order valence-corrected chi connectivity index (χ4v) is 4.20.